The molecular weight excluding hydrogens is 561 g/mol. The van der Waals surface area contributed by atoms with Crippen molar-refractivity contribution < 1.29 is 37.1 Å². The van der Waals surface area contributed by atoms with Crippen molar-refractivity contribution in [3.05, 3.63) is 40.4 Å². The van der Waals surface area contributed by atoms with Crippen molar-refractivity contribution in [3.8, 4) is 5.75 Å². The second-order valence-electron chi connectivity index (χ2n) is 12.3. The van der Waals surface area contributed by atoms with Crippen LogP contribution in [0.15, 0.2) is 29.2 Å². The number of nitrogens with one attached hydrogen (secondary N) is 2. The highest BCUT2D eigenvalue weighted by Gasteiger charge is 2.70. The third-order valence-electron chi connectivity index (χ3n) is 8.16. The van der Waals surface area contributed by atoms with E-state index in [1.807, 2.05) is 13.8 Å². The molecule has 2 aliphatic rings. The summed E-state index contributed by atoms with van der Waals surface area (Å²) in [5.74, 6) is -5.11. The number of rotatable bonds is 7. The average Bonchev–Trinajstić information content (AvgIpc) is 3.21. The van der Waals surface area contributed by atoms with Crippen LogP contribution in [0.4, 0.5) is 13.2 Å². The number of halogens is 3. The minimum absolute atomic E-state index is 0.0572. The first-order valence-corrected chi connectivity index (χ1v) is 13.1. The van der Waals surface area contributed by atoms with Gasteiger partial charge in [-0.2, -0.15) is 13.2 Å². The highest BCUT2D eigenvalue weighted by molar-refractivity contribution is 5.96. The normalized spacial score (nSPS) is 22.6. The van der Waals surface area contributed by atoms with Gasteiger partial charge in [-0.05, 0) is 34.8 Å². The van der Waals surface area contributed by atoms with Gasteiger partial charge in [0.2, 0.25) is 17.7 Å². The lowest BCUT2D eigenvalue weighted by Gasteiger charge is -2.38. The van der Waals surface area contributed by atoms with Crippen molar-refractivity contribution in [2.24, 2.45) is 28.4 Å². The standard InChI is InChI=1S/C27H33F3N6O6/c1-25(2,3)20(34-24(41)27(28,29)30)23(40)36-11-13-17(26(13,4)5)19(36)22(39)33-18(21(31)38)14-9-16(37)35-10-12(42-6)7-8-15(35)32-14/h7-10,13,17-20H,11H2,1-6H3,(H2,31,38)(H,33,39)(H,34,41)/t13-,17-,18?,19-,20?/m0/s1. The number of aromatic nitrogens is 2. The molecule has 4 N–H and O–H groups in total. The Labute approximate surface area is 238 Å². The Morgan fingerprint density at radius 1 is 1.14 bits per heavy atom. The summed E-state index contributed by atoms with van der Waals surface area (Å²) in [6.45, 7) is 8.31. The maximum atomic E-state index is 13.8. The van der Waals surface area contributed by atoms with Gasteiger partial charge in [0, 0.05) is 12.6 Å². The fourth-order valence-electron chi connectivity index (χ4n) is 5.73. The molecule has 12 nitrogen and oxygen atoms in total. The molecule has 0 aromatic carbocycles. The summed E-state index contributed by atoms with van der Waals surface area (Å²) in [6.07, 6.45) is -3.83. The monoisotopic (exact) mass is 594 g/mol. The van der Waals surface area contributed by atoms with E-state index in [1.165, 1.54) is 44.5 Å². The molecule has 42 heavy (non-hydrogen) atoms. The van der Waals surface area contributed by atoms with Crippen LogP contribution in [-0.2, 0) is 19.2 Å². The van der Waals surface area contributed by atoms with Gasteiger partial charge in [0.25, 0.3) is 5.56 Å². The molecule has 4 amide bonds. The number of piperidine rings is 1. The van der Waals surface area contributed by atoms with E-state index in [4.69, 9.17) is 10.5 Å². The number of ether oxygens (including phenoxy) is 1. The third kappa shape index (κ3) is 5.51. The molecule has 1 aliphatic heterocycles. The van der Waals surface area contributed by atoms with Gasteiger partial charge >= 0.3 is 12.1 Å². The minimum Gasteiger partial charge on any atom is -0.495 e. The summed E-state index contributed by atoms with van der Waals surface area (Å²) >= 11 is 0. The molecule has 0 bridgehead atoms. The summed E-state index contributed by atoms with van der Waals surface area (Å²) in [7, 11) is 1.42. The van der Waals surface area contributed by atoms with E-state index < -0.39 is 58.9 Å². The van der Waals surface area contributed by atoms with Crippen LogP contribution in [0.25, 0.3) is 5.65 Å². The van der Waals surface area contributed by atoms with E-state index in [1.54, 1.807) is 11.4 Å². The van der Waals surface area contributed by atoms with Crippen LogP contribution >= 0.6 is 0 Å². The van der Waals surface area contributed by atoms with Gasteiger partial charge < -0.3 is 26.0 Å². The van der Waals surface area contributed by atoms with Gasteiger partial charge in [-0.25, -0.2) is 4.98 Å². The molecule has 228 valence electrons. The minimum atomic E-state index is -5.22. The van der Waals surface area contributed by atoms with Crippen LogP contribution in [0.5, 0.6) is 5.75 Å². The van der Waals surface area contributed by atoms with Crippen LogP contribution < -0.4 is 26.7 Å². The zero-order valence-corrected chi connectivity index (χ0v) is 23.9. The Bertz CT molecular complexity index is 1510. The SMILES string of the molecule is COc1ccc2nc(C(NC(=O)[C@@H]3[C@@H]4[C@H](CN3C(=O)C(NC(=O)C(F)(F)F)C(C)(C)C)C4(C)C)C(N)=O)cc(=O)n2c1. The van der Waals surface area contributed by atoms with Crippen LogP contribution in [-0.4, -0.2) is 69.8 Å². The third-order valence-corrected chi connectivity index (χ3v) is 8.16. The number of likely N-dealkylation sites (tertiary alicyclic amines) is 1. The molecule has 3 heterocycles. The number of carbonyl (C=O) groups is 4. The highest BCUT2D eigenvalue weighted by atomic mass is 19.4. The zero-order chi connectivity index (χ0) is 31.5. The quantitative estimate of drug-likeness (QED) is 0.429. The number of primary amides is 1. The molecule has 1 aliphatic carbocycles. The number of amides is 4. The van der Waals surface area contributed by atoms with Gasteiger partial charge in [-0.3, -0.25) is 28.4 Å². The molecule has 0 radical (unpaired) electrons. The molecule has 4 rings (SSSR count). The number of nitrogens with zero attached hydrogens (tertiary/aromatic N) is 3. The Balaban J connectivity index is 1.66. The van der Waals surface area contributed by atoms with E-state index in [2.05, 4.69) is 10.3 Å². The number of hydrogen-bond donors (Lipinski definition) is 3. The predicted octanol–water partition coefficient (Wildman–Crippen LogP) is 0.922. The van der Waals surface area contributed by atoms with Crippen LogP contribution in [0, 0.1) is 22.7 Å². The summed E-state index contributed by atoms with van der Waals surface area (Å²) in [5, 5.41) is 4.28. The molecule has 2 fully saturated rings. The van der Waals surface area contributed by atoms with Crippen molar-refractivity contribution in [1.29, 1.82) is 0 Å². The Hall–Kier alpha value is -4.17. The number of pyridine rings is 1. The molecular formula is C27H33F3N6O6. The first-order valence-electron chi connectivity index (χ1n) is 13.1. The predicted molar refractivity (Wildman–Crippen MR) is 142 cm³/mol. The maximum Gasteiger partial charge on any atom is 0.471 e. The van der Waals surface area contributed by atoms with Crippen molar-refractivity contribution in [2.45, 2.75) is 58.9 Å². The zero-order valence-electron chi connectivity index (χ0n) is 23.9. The molecule has 2 unspecified atom stereocenters. The smallest absolute Gasteiger partial charge is 0.471 e. The second kappa shape index (κ2) is 10.3. The van der Waals surface area contributed by atoms with E-state index in [9.17, 15) is 37.1 Å². The molecule has 5 atom stereocenters. The Kier molecular flexibility index (Phi) is 7.53. The molecule has 1 saturated heterocycles. The van der Waals surface area contributed by atoms with Gasteiger partial charge in [0.05, 0.1) is 19.0 Å². The van der Waals surface area contributed by atoms with E-state index in [0.29, 0.717) is 5.75 Å². The van der Waals surface area contributed by atoms with E-state index >= 15 is 0 Å². The topological polar surface area (TPSA) is 165 Å². The number of fused-ring (bicyclic) bond motifs is 2. The largest absolute Gasteiger partial charge is 0.495 e. The fourth-order valence-corrected chi connectivity index (χ4v) is 5.73. The van der Waals surface area contributed by atoms with Crippen LogP contribution in [0.3, 0.4) is 0 Å². The second-order valence-corrected chi connectivity index (χ2v) is 12.3. The van der Waals surface area contributed by atoms with Crippen molar-refractivity contribution >= 4 is 29.3 Å². The number of methoxy groups -OCH3 is 1. The Morgan fingerprint density at radius 3 is 2.33 bits per heavy atom. The summed E-state index contributed by atoms with van der Waals surface area (Å²) < 4.78 is 45.5. The molecule has 2 aromatic rings. The van der Waals surface area contributed by atoms with Gasteiger partial charge in [0.15, 0.2) is 6.04 Å². The van der Waals surface area contributed by atoms with Crippen molar-refractivity contribution in [1.82, 2.24) is 24.9 Å². The first-order chi connectivity index (χ1) is 19.3. The van der Waals surface area contributed by atoms with Crippen LogP contribution in [0.1, 0.15) is 46.4 Å². The van der Waals surface area contributed by atoms with Crippen molar-refractivity contribution in [2.75, 3.05) is 13.7 Å². The Morgan fingerprint density at radius 2 is 1.79 bits per heavy atom. The average molecular weight is 595 g/mol. The number of carbonyl (C=O) groups excluding carboxylic acids is 4. The summed E-state index contributed by atoms with van der Waals surface area (Å²) in [5.41, 5.74) is 3.49. The van der Waals surface area contributed by atoms with E-state index in [0.717, 1.165) is 11.0 Å². The summed E-state index contributed by atoms with van der Waals surface area (Å²) in [4.78, 5) is 69.9. The first kappa shape index (κ1) is 30.8. The molecule has 2 aromatic heterocycles. The maximum absolute atomic E-state index is 13.8. The highest BCUT2D eigenvalue weighted by Crippen LogP contribution is 2.65. The molecule has 15 heteroatoms. The van der Waals surface area contributed by atoms with Crippen LogP contribution in [0.2, 0.25) is 0 Å². The summed E-state index contributed by atoms with van der Waals surface area (Å²) in [6, 6.07) is -0.291. The van der Waals surface area contributed by atoms with Gasteiger partial charge in [0.1, 0.15) is 23.5 Å². The van der Waals surface area contributed by atoms with E-state index in [-0.39, 0.29) is 35.1 Å². The lowest BCUT2D eigenvalue weighted by molar-refractivity contribution is -0.176. The number of hydrogen-bond acceptors (Lipinski definition) is 7. The lowest BCUT2D eigenvalue weighted by atomic mass is 9.85. The fraction of sp³-hybridized carbons (Fsp3) is 0.556. The lowest BCUT2D eigenvalue weighted by Crippen LogP contribution is -2.61. The van der Waals surface area contributed by atoms with Gasteiger partial charge in [-0.15, -0.1) is 0 Å². The number of nitrogens with two attached hydrogens (primary N) is 1. The van der Waals surface area contributed by atoms with Crippen molar-refractivity contribution in [3.63, 3.8) is 0 Å². The number of alkyl halides is 3. The van der Waals surface area contributed by atoms with Gasteiger partial charge in [-0.1, -0.05) is 34.6 Å². The molecule has 1 saturated carbocycles. The molecule has 0 spiro atoms.